The predicted octanol–water partition coefficient (Wildman–Crippen LogP) is 3.44. The average molecular weight is 325 g/mol. The summed E-state index contributed by atoms with van der Waals surface area (Å²) in [5, 5.41) is 12.9. The van der Waals surface area contributed by atoms with E-state index in [2.05, 4.69) is 32.1 Å². The van der Waals surface area contributed by atoms with Crippen molar-refractivity contribution in [3.05, 3.63) is 24.8 Å². The number of nitrogens with zero attached hydrogens (tertiary/aromatic N) is 6. The molecule has 24 heavy (non-hydrogen) atoms. The van der Waals surface area contributed by atoms with Gasteiger partial charge in [-0.15, -0.1) is 0 Å². The molecule has 0 spiro atoms. The summed E-state index contributed by atoms with van der Waals surface area (Å²) in [5.41, 5.74) is 1.78. The Morgan fingerprint density at radius 1 is 1.12 bits per heavy atom. The highest BCUT2D eigenvalue weighted by Crippen LogP contribution is 2.33. The molecule has 0 aromatic carbocycles. The molecule has 3 heterocycles. The molecule has 0 bridgehead atoms. The van der Waals surface area contributed by atoms with Crippen molar-refractivity contribution in [2.75, 3.05) is 5.32 Å². The van der Waals surface area contributed by atoms with Gasteiger partial charge in [-0.2, -0.15) is 15.2 Å². The first kappa shape index (κ1) is 15.1. The quantitative estimate of drug-likeness (QED) is 0.795. The molecule has 126 valence electrons. The molecule has 3 aromatic rings. The van der Waals surface area contributed by atoms with Crippen LogP contribution in [0.3, 0.4) is 0 Å². The van der Waals surface area contributed by atoms with Gasteiger partial charge in [-0.3, -0.25) is 4.68 Å². The van der Waals surface area contributed by atoms with Crippen molar-refractivity contribution in [3.8, 4) is 0 Å². The largest absolute Gasteiger partial charge is 0.321 e. The number of rotatable bonds is 4. The molecule has 1 aliphatic carbocycles. The Labute approximate surface area is 141 Å². The Balaban J connectivity index is 1.62. The zero-order valence-corrected chi connectivity index (χ0v) is 14.2. The standard InChI is InChI=1S/C17H23N7/c1-12(13-6-4-3-5-7-13)24-16-14(9-20-24)8-18-17(22-16)21-15-10-19-23(2)11-15/h8-13H,3-7H2,1-2H3,(H,18,21,22). The lowest BCUT2D eigenvalue weighted by Crippen LogP contribution is -2.20. The fourth-order valence-electron chi connectivity index (χ4n) is 3.63. The van der Waals surface area contributed by atoms with E-state index in [0.29, 0.717) is 17.9 Å². The highest BCUT2D eigenvalue weighted by molar-refractivity contribution is 5.75. The first-order valence-corrected chi connectivity index (χ1v) is 8.66. The molecule has 0 saturated heterocycles. The zero-order chi connectivity index (χ0) is 16.5. The number of hydrogen-bond donors (Lipinski definition) is 1. The van der Waals surface area contributed by atoms with Gasteiger partial charge in [0.1, 0.15) is 0 Å². The van der Waals surface area contributed by atoms with E-state index in [-0.39, 0.29) is 0 Å². The number of nitrogens with one attached hydrogen (secondary N) is 1. The van der Waals surface area contributed by atoms with Crippen molar-refractivity contribution in [1.29, 1.82) is 0 Å². The van der Waals surface area contributed by atoms with Gasteiger partial charge >= 0.3 is 0 Å². The maximum Gasteiger partial charge on any atom is 0.229 e. The fourth-order valence-corrected chi connectivity index (χ4v) is 3.63. The molecule has 1 N–H and O–H groups in total. The maximum absolute atomic E-state index is 4.70. The maximum atomic E-state index is 4.70. The summed E-state index contributed by atoms with van der Waals surface area (Å²) in [6.45, 7) is 2.26. The number of aryl methyl sites for hydroxylation is 1. The predicted molar refractivity (Wildman–Crippen MR) is 93.1 cm³/mol. The van der Waals surface area contributed by atoms with Gasteiger partial charge < -0.3 is 5.32 Å². The van der Waals surface area contributed by atoms with Crippen LogP contribution in [0.4, 0.5) is 11.6 Å². The second kappa shape index (κ2) is 6.22. The third-order valence-electron chi connectivity index (χ3n) is 5.01. The monoisotopic (exact) mass is 325 g/mol. The Hall–Kier alpha value is -2.44. The molecule has 3 aromatic heterocycles. The fraction of sp³-hybridized carbons (Fsp3) is 0.529. The van der Waals surface area contributed by atoms with Crippen molar-refractivity contribution in [2.45, 2.75) is 45.1 Å². The Morgan fingerprint density at radius 2 is 1.96 bits per heavy atom. The molecule has 1 aliphatic rings. The lowest BCUT2D eigenvalue weighted by atomic mass is 9.84. The third kappa shape index (κ3) is 2.86. The van der Waals surface area contributed by atoms with Crippen molar-refractivity contribution in [2.24, 2.45) is 13.0 Å². The van der Waals surface area contributed by atoms with Gasteiger partial charge in [0.2, 0.25) is 5.95 Å². The minimum absolute atomic E-state index is 0.365. The van der Waals surface area contributed by atoms with E-state index < -0.39 is 0 Å². The summed E-state index contributed by atoms with van der Waals surface area (Å²) in [5.74, 6) is 1.26. The van der Waals surface area contributed by atoms with Crippen LogP contribution in [0, 0.1) is 5.92 Å². The van der Waals surface area contributed by atoms with Gasteiger partial charge in [-0.25, -0.2) is 9.67 Å². The Morgan fingerprint density at radius 3 is 2.71 bits per heavy atom. The van der Waals surface area contributed by atoms with Crippen LogP contribution in [0.1, 0.15) is 45.1 Å². The minimum Gasteiger partial charge on any atom is -0.321 e. The van der Waals surface area contributed by atoms with Crippen LogP contribution in [0.2, 0.25) is 0 Å². The zero-order valence-electron chi connectivity index (χ0n) is 14.2. The SMILES string of the molecule is CC(C1CCCCC1)n1ncc2cnc(Nc3cnn(C)c3)nc21. The molecule has 7 heteroatoms. The molecule has 0 aliphatic heterocycles. The number of aromatic nitrogens is 6. The molecule has 7 nitrogen and oxygen atoms in total. The molecule has 4 rings (SSSR count). The molecule has 1 saturated carbocycles. The molecule has 0 amide bonds. The molecule has 1 atom stereocenters. The molecular weight excluding hydrogens is 302 g/mol. The molecule has 1 unspecified atom stereocenters. The molecule has 0 radical (unpaired) electrons. The molecular formula is C17H23N7. The highest BCUT2D eigenvalue weighted by Gasteiger charge is 2.23. The van der Waals surface area contributed by atoms with E-state index in [1.54, 1.807) is 10.9 Å². The summed E-state index contributed by atoms with van der Waals surface area (Å²) in [6, 6.07) is 0.365. The highest BCUT2D eigenvalue weighted by atomic mass is 15.3. The van der Waals surface area contributed by atoms with Crippen molar-refractivity contribution < 1.29 is 0 Å². The smallest absolute Gasteiger partial charge is 0.229 e. The van der Waals surface area contributed by atoms with Crippen LogP contribution in [-0.2, 0) is 7.05 Å². The van der Waals surface area contributed by atoms with Crippen LogP contribution in [0.5, 0.6) is 0 Å². The van der Waals surface area contributed by atoms with Crippen LogP contribution in [-0.4, -0.2) is 29.5 Å². The van der Waals surface area contributed by atoms with Crippen LogP contribution < -0.4 is 5.32 Å². The minimum atomic E-state index is 0.365. The second-order valence-electron chi connectivity index (χ2n) is 6.73. The summed E-state index contributed by atoms with van der Waals surface area (Å²) in [7, 11) is 1.89. The first-order chi connectivity index (χ1) is 11.7. The third-order valence-corrected chi connectivity index (χ3v) is 5.01. The topological polar surface area (TPSA) is 73.5 Å². The van der Waals surface area contributed by atoms with Gasteiger partial charge in [-0.1, -0.05) is 19.3 Å². The van der Waals surface area contributed by atoms with Gasteiger partial charge in [0, 0.05) is 19.4 Å². The van der Waals surface area contributed by atoms with Crippen molar-refractivity contribution in [1.82, 2.24) is 29.5 Å². The average Bonchev–Trinajstić information content (AvgIpc) is 3.21. The number of anilines is 2. The molecule has 1 fully saturated rings. The number of hydrogen-bond acceptors (Lipinski definition) is 5. The van der Waals surface area contributed by atoms with Crippen LogP contribution in [0.25, 0.3) is 11.0 Å². The van der Waals surface area contributed by atoms with Gasteiger partial charge in [0.25, 0.3) is 0 Å². The summed E-state index contributed by atoms with van der Waals surface area (Å²) >= 11 is 0. The number of fused-ring (bicyclic) bond motifs is 1. The lowest BCUT2D eigenvalue weighted by Gasteiger charge is -2.27. The summed E-state index contributed by atoms with van der Waals surface area (Å²) < 4.78 is 3.82. The van der Waals surface area contributed by atoms with Gasteiger partial charge in [-0.05, 0) is 25.7 Å². The van der Waals surface area contributed by atoms with Crippen molar-refractivity contribution >= 4 is 22.7 Å². The second-order valence-corrected chi connectivity index (χ2v) is 6.73. The van der Waals surface area contributed by atoms with E-state index in [0.717, 1.165) is 16.7 Å². The van der Waals surface area contributed by atoms with E-state index in [9.17, 15) is 0 Å². The Kier molecular flexibility index (Phi) is 3.92. The van der Waals surface area contributed by atoms with E-state index >= 15 is 0 Å². The first-order valence-electron chi connectivity index (χ1n) is 8.66. The van der Waals surface area contributed by atoms with E-state index in [4.69, 9.17) is 4.98 Å². The lowest BCUT2D eigenvalue weighted by molar-refractivity contribution is 0.254. The van der Waals surface area contributed by atoms with E-state index in [1.165, 1.54) is 32.1 Å². The van der Waals surface area contributed by atoms with Gasteiger partial charge in [0.05, 0.1) is 29.5 Å². The van der Waals surface area contributed by atoms with Crippen LogP contribution in [0.15, 0.2) is 24.8 Å². The summed E-state index contributed by atoms with van der Waals surface area (Å²) in [4.78, 5) is 9.08. The van der Waals surface area contributed by atoms with Crippen LogP contribution >= 0.6 is 0 Å². The van der Waals surface area contributed by atoms with E-state index in [1.807, 2.05) is 25.6 Å². The Bertz CT molecular complexity index is 828. The summed E-state index contributed by atoms with van der Waals surface area (Å²) in [6.07, 6.45) is 14.0. The van der Waals surface area contributed by atoms with Crippen molar-refractivity contribution in [3.63, 3.8) is 0 Å². The van der Waals surface area contributed by atoms with Gasteiger partial charge in [0.15, 0.2) is 5.65 Å². The normalized spacial score (nSPS) is 17.2.